The monoisotopic (exact) mass is 376 g/mol. The van der Waals surface area contributed by atoms with Crippen molar-refractivity contribution in [1.82, 2.24) is 0 Å². The number of fused-ring (bicyclic) bond motifs is 1. The van der Waals surface area contributed by atoms with Gasteiger partial charge in [-0.1, -0.05) is 45.9 Å². The minimum atomic E-state index is 0.0160. The third kappa shape index (κ3) is 3.35. The summed E-state index contributed by atoms with van der Waals surface area (Å²) in [5.41, 5.74) is 2.78. The van der Waals surface area contributed by atoms with Crippen LogP contribution in [-0.4, -0.2) is 6.61 Å². The predicted molar refractivity (Wildman–Crippen MR) is 97.3 cm³/mol. The molecular weight excluding hydrogens is 352 g/mol. The fourth-order valence-electron chi connectivity index (χ4n) is 3.31. The van der Waals surface area contributed by atoms with E-state index in [0.29, 0.717) is 0 Å². The molecule has 1 aromatic heterocycles. The summed E-state index contributed by atoms with van der Waals surface area (Å²) >= 11 is 3.40. The molecule has 124 valence electrons. The smallest absolute Gasteiger partial charge is 0.169 e. The Labute approximate surface area is 147 Å². The van der Waals surface area contributed by atoms with Crippen molar-refractivity contribution in [2.45, 2.75) is 57.8 Å². The molecule has 2 heterocycles. The van der Waals surface area contributed by atoms with Crippen molar-refractivity contribution in [2.75, 3.05) is 6.61 Å². The summed E-state index contributed by atoms with van der Waals surface area (Å²) in [6.45, 7) is 9.95. The lowest BCUT2D eigenvalue weighted by Crippen LogP contribution is -2.24. The van der Waals surface area contributed by atoms with E-state index >= 15 is 0 Å². The molecule has 1 aliphatic heterocycles. The average Bonchev–Trinajstić information content (AvgIpc) is 3.13. The van der Waals surface area contributed by atoms with Gasteiger partial charge in [0.05, 0.1) is 6.61 Å². The van der Waals surface area contributed by atoms with Crippen molar-refractivity contribution in [2.24, 2.45) is 0 Å². The van der Waals surface area contributed by atoms with Crippen LogP contribution in [0.3, 0.4) is 0 Å². The first-order chi connectivity index (χ1) is 10.8. The third-order valence-corrected chi connectivity index (χ3v) is 5.48. The van der Waals surface area contributed by atoms with E-state index in [4.69, 9.17) is 9.15 Å². The number of hydrogen-bond donors (Lipinski definition) is 0. The molecule has 3 heteroatoms. The molecule has 0 amide bonds. The fourth-order valence-corrected chi connectivity index (χ4v) is 3.62. The second-order valence-corrected chi connectivity index (χ2v) is 8.55. The Morgan fingerprint density at radius 2 is 1.74 bits per heavy atom. The molecule has 0 radical (unpaired) electrons. The number of furan rings is 1. The molecule has 3 rings (SSSR count). The van der Waals surface area contributed by atoms with Crippen molar-refractivity contribution >= 4 is 15.9 Å². The van der Waals surface area contributed by atoms with Gasteiger partial charge in [-0.2, -0.15) is 0 Å². The first-order valence-corrected chi connectivity index (χ1v) is 9.10. The quantitative estimate of drug-likeness (QED) is 0.636. The van der Waals surface area contributed by atoms with Gasteiger partial charge in [0.25, 0.3) is 0 Å². The molecule has 2 aromatic rings. The second kappa shape index (κ2) is 6.01. The largest absolute Gasteiger partial charge is 0.493 e. The van der Waals surface area contributed by atoms with Gasteiger partial charge in [-0.3, -0.25) is 0 Å². The van der Waals surface area contributed by atoms with Crippen LogP contribution in [0.25, 0.3) is 0 Å². The number of hydrogen-bond acceptors (Lipinski definition) is 2. The zero-order chi connectivity index (χ0) is 16.7. The van der Waals surface area contributed by atoms with Gasteiger partial charge in [0.2, 0.25) is 0 Å². The van der Waals surface area contributed by atoms with Crippen LogP contribution >= 0.6 is 15.9 Å². The molecule has 0 bridgehead atoms. The summed E-state index contributed by atoms with van der Waals surface area (Å²) in [6, 6.07) is 10.6. The van der Waals surface area contributed by atoms with Crippen molar-refractivity contribution in [1.29, 1.82) is 0 Å². The van der Waals surface area contributed by atoms with Crippen molar-refractivity contribution in [3.63, 3.8) is 0 Å². The zero-order valence-electron chi connectivity index (χ0n) is 14.4. The van der Waals surface area contributed by atoms with Crippen molar-refractivity contribution in [3.8, 4) is 5.75 Å². The summed E-state index contributed by atoms with van der Waals surface area (Å²) in [4.78, 5) is 0. The van der Waals surface area contributed by atoms with Gasteiger partial charge in [0.15, 0.2) is 4.67 Å². The Hall–Kier alpha value is -1.22. The highest BCUT2D eigenvalue weighted by atomic mass is 79.9. The van der Waals surface area contributed by atoms with Gasteiger partial charge >= 0.3 is 0 Å². The molecule has 0 saturated heterocycles. The van der Waals surface area contributed by atoms with Gasteiger partial charge < -0.3 is 9.15 Å². The standard InChI is InChI=1S/C20H25BrO2/c1-19(2,15-7-5-6-14-10-13-22-18(14)15)11-12-20(3,4)16-8-9-17(21)23-16/h5-9H,10-13H2,1-4H3. The number of para-hydroxylation sites is 1. The topological polar surface area (TPSA) is 22.4 Å². The Bertz CT molecular complexity index is 697. The molecule has 1 aliphatic rings. The summed E-state index contributed by atoms with van der Waals surface area (Å²) in [7, 11) is 0. The first kappa shape index (κ1) is 16.6. The predicted octanol–water partition coefficient (Wildman–Crippen LogP) is 6.01. The maximum absolute atomic E-state index is 5.91. The molecule has 0 aliphatic carbocycles. The average molecular weight is 377 g/mol. The van der Waals surface area contributed by atoms with E-state index in [2.05, 4.69) is 67.9 Å². The molecule has 0 atom stereocenters. The lowest BCUT2D eigenvalue weighted by atomic mass is 9.74. The lowest BCUT2D eigenvalue weighted by molar-refractivity contribution is 0.306. The SMILES string of the molecule is CC(C)(CCC(C)(C)c1cccc2c1OCC2)c1ccc(Br)o1. The van der Waals surface area contributed by atoms with Crippen molar-refractivity contribution < 1.29 is 9.15 Å². The number of ether oxygens (including phenoxy) is 1. The first-order valence-electron chi connectivity index (χ1n) is 8.31. The summed E-state index contributed by atoms with van der Waals surface area (Å²) in [6.07, 6.45) is 3.17. The van der Waals surface area contributed by atoms with Gasteiger partial charge in [-0.25, -0.2) is 0 Å². The molecule has 1 aromatic carbocycles. The molecule has 0 fully saturated rings. The number of halogens is 1. The summed E-state index contributed by atoms with van der Waals surface area (Å²) in [5.74, 6) is 2.16. The summed E-state index contributed by atoms with van der Waals surface area (Å²) < 4.78 is 12.5. The summed E-state index contributed by atoms with van der Waals surface area (Å²) in [5, 5.41) is 0. The van der Waals surface area contributed by atoms with Crippen molar-refractivity contribution in [3.05, 3.63) is 51.9 Å². The van der Waals surface area contributed by atoms with E-state index in [-0.39, 0.29) is 10.8 Å². The van der Waals surface area contributed by atoms with Gasteiger partial charge in [0, 0.05) is 17.4 Å². The van der Waals surface area contributed by atoms with Crippen LogP contribution < -0.4 is 4.74 Å². The zero-order valence-corrected chi connectivity index (χ0v) is 16.0. The van der Waals surface area contributed by atoms with E-state index in [1.165, 1.54) is 11.1 Å². The maximum atomic E-state index is 5.91. The molecule has 0 unspecified atom stereocenters. The van der Waals surface area contributed by atoms with E-state index in [0.717, 1.165) is 42.0 Å². The van der Waals surface area contributed by atoms with Crippen LogP contribution in [0.4, 0.5) is 0 Å². The Kier molecular flexibility index (Phi) is 4.35. The van der Waals surface area contributed by atoms with Crippen LogP contribution in [0.15, 0.2) is 39.4 Å². The van der Waals surface area contributed by atoms with Gasteiger partial charge in [-0.15, -0.1) is 0 Å². The van der Waals surface area contributed by atoms with Crippen LogP contribution in [0, 0.1) is 0 Å². The number of rotatable bonds is 5. The molecule has 23 heavy (non-hydrogen) atoms. The van der Waals surface area contributed by atoms with Crippen LogP contribution in [0.1, 0.15) is 57.4 Å². The Balaban J connectivity index is 1.78. The molecule has 2 nitrogen and oxygen atoms in total. The minimum Gasteiger partial charge on any atom is -0.493 e. The second-order valence-electron chi connectivity index (χ2n) is 7.76. The molecule has 0 N–H and O–H groups in total. The van der Waals surface area contributed by atoms with E-state index in [9.17, 15) is 0 Å². The number of benzene rings is 1. The highest BCUT2D eigenvalue weighted by Crippen LogP contribution is 2.42. The minimum absolute atomic E-state index is 0.0160. The molecule has 0 saturated carbocycles. The van der Waals surface area contributed by atoms with E-state index in [1.54, 1.807) is 0 Å². The van der Waals surface area contributed by atoms with Crippen LogP contribution in [0.5, 0.6) is 5.75 Å². The Morgan fingerprint density at radius 3 is 2.43 bits per heavy atom. The highest BCUT2D eigenvalue weighted by molar-refractivity contribution is 9.10. The Morgan fingerprint density at radius 1 is 1.00 bits per heavy atom. The molecular formula is C20H25BrO2. The van der Waals surface area contributed by atoms with Crippen LogP contribution in [0.2, 0.25) is 0 Å². The van der Waals surface area contributed by atoms with Crippen LogP contribution in [-0.2, 0) is 17.3 Å². The third-order valence-electron chi connectivity index (χ3n) is 5.06. The maximum Gasteiger partial charge on any atom is 0.169 e. The highest BCUT2D eigenvalue weighted by Gasteiger charge is 2.32. The van der Waals surface area contributed by atoms with Gasteiger partial charge in [-0.05, 0) is 51.9 Å². The molecule has 0 spiro atoms. The van der Waals surface area contributed by atoms with E-state index < -0.39 is 0 Å². The normalized spacial score (nSPS) is 14.7. The lowest BCUT2D eigenvalue weighted by Gasteiger charge is -2.31. The van der Waals surface area contributed by atoms with E-state index in [1.807, 2.05) is 6.07 Å². The fraction of sp³-hybridized carbons (Fsp3) is 0.500. The van der Waals surface area contributed by atoms with Gasteiger partial charge in [0.1, 0.15) is 11.5 Å².